The molecule has 1 aromatic carbocycles. The van der Waals surface area contributed by atoms with E-state index in [4.69, 9.17) is 0 Å². The second-order valence-electron chi connectivity index (χ2n) is 6.46. The molecule has 2 fully saturated rings. The second-order valence-corrected chi connectivity index (χ2v) is 6.46. The molecule has 0 heterocycles. The summed E-state index contributed by atoms with van der Waals surface area (Å²) in [5.41, 5.74) is 0.745. The van der Waals surface area contributed by atoms with Crippen LogP contribution in [0.5, 0.6) is 0 Å². The van der Waals surface area contributed by atoms with Gasteiger partial charge in [-0.1, -0.05) is 30.3 Å². The Morgan fingerprint density at radius 2 is 1.04 bits per heavy atom. The van der Waals surface area contributed by atoms with Crippen LogP contribution in [0.1, 0.15) is 50.0 Å². The lowest BCUT2D eigenvalue weighted by Gasteiger charge is -2.34. The molecule has 0 amide bonds. The third-order valence-electron chi connectivity index (χ3n) is 4.98. The van der Waals surface area contributed by atoms with E-state index in [1.165, 1.54) is 0 Å². The Labute approximate surface area is 135 Å². The number of hydrogen-bond donors (Lipinski definition) is 0. The molecular weight excluding hydrogens is 292 g/mol. The number of ketones is 4. The van der Waals surface area contributed by atoms with Crippen molar-refractivity contribution in [3.05, 3.63) is 35.9 Å². The molecule has 3 rings (SSSR count). The molecule has 23 heavy (non-hydrogen) atoms. The first-order valence-corrected chi connectivity index (χ1v) is 8.25. The first-order chi connectivity index (χ1) is 11.1. The number of carbonyl (C=O) groups is 4. The predicted octanol–water partition coefficient (Wildman–Crippen LogP) is 2.65. The van der Waals surface area contributed by atoms with Gasteiger partial charge in [0.05, 0.1) is 11.8 Å². The standard InChI is InChI=1S/C19H20O4/c20-13-8-4-9-14(21)18(13)17(12-6-2-1-3-7-12)19-15(22)10-5-11-16(19)23/h1-3,6-7,17-19H,4-5,8-11H2. The summed E-state index contributed by atoms with van der Waals surface area (Å²) in [6.45, 7) is 0. The van der Waals surface area contributed by atoms with Gasteiger partial charge in [0.2, 0.25) is 0 Å². The van der Waals surface area contributed by atoms with E-state index in [0.717, 1.165) is 5.56 Å². The SMILES string of the molecule is O=C1CCCC(=O)C1C(c1ccccc1)C1C(=O)CCCC1=O. The van der Waals surface area contributed by atoms with Gasteiger partial charge in [0.25, 0.3) is 0 Å². The minimum absolute atomic E-state index is 0.124. The molecule has 0 spiro atoms. The summed E-state index contributed by atoms with van der Waals surface area (Å²) >= 11 is 0. The molecule has 2 aliphatic rings. The Kier molecular flexibility index (Phi) is 4.51. The van der Waals surface area contributed by atoms with Crippen molar-refractivity contribution in [2.45, 2.75) is 44.4 Å². The summed E-state index contributed by atoms with van der Waals surface area (Å²) in [4.78, 5) is 49.7. The first kappa shape index (κ1) is 15.8. The number of benzene rings is 1. The van der Waals surface area contributed by atoms with Crippen molar-refractivity contribution in [2.75, 3.05) is 0 Å². The van der Waals surface area contributed by atoms with E-state index in [1.54, 1.807) is 0 Å². The molecule has 0 aromatic heterocycles. The van der Waals surface area contributed by atoms with E-state index in [9.17, 15) is 19.2 Å². The lowest BCUT2D eigenvalue weighted by molar-refractivity contribution is -0.141. The maximum atomic E-state index is 12.4. The quantitative estimate of drug-likeness (QED) is 0.805. The molecule has 0 radical (unpaired) electrons. The Morgan fingerprint density at radius 3 is 1.43 bits per heavy atom. The van der Waals surface area contributed by atoms with Crippen molar-refractivity contribution in [3.63, 3.8) is 0 Å². The zero-order valence-corrected chi connectivity index (χ0v) is 13.0. The predicted molar refractivity (Wildman–Crippen MR) is 83.9 cm³/mol. The van der Waals surface area contributed by atoms with Gasteiger partial charge in [0.1, 0.15) is 23.1 Å². The molecule has 4 nitrogen and oxygen atoms in total. The number of rotatable bonds is 3. The lowest BCUT2D eigenvalue weighted by Crippen LogP contribution is -2.43. The van der Waals surface area contributed by atoms with Crippen LogP contribution in [0, 0.1) is 11.8 Å². The minimum atomic E-state index is -0.845. The van der Waals surface area contributed by atoms with Crippen LogP contribution < -0.4 is 0 Å². The Hall–Kier alpha value is -2.10. The fourth-order valence-electron chi connectivity index (χ4n) is 3.91. The van der Waals surface area contributed by atoms with Gasteiger partial charge in [-0.2, -0.15) is 0 Å². The number of Topliss-reactive ketones (excluding diaryl/α,β-unsaturated/α-hetero) is 4. The van der Waals surface area contributed by atoms with Crippen molar-refractivity contribution in [3.8, 4) is 0 Å². The highest BCUT2D eigenvalue weighted by Crippen LogP contribution is 2.40. The van der Waals surface area contributed by atoms with Crippen LogP contribution in [-0.4, -0.2) is 23.1 Å². The summed E-state index contributed by atoms with van der Waals surface area (Å²) in [5.74, 6) is -2.81. The van der Waals surface area contributed by atoms with Crippen LogP contribution >= 0.6 is 0 Å². The van der Waals surface area contributed by atoms with Crippen molar-refractivity contribution in [1.82, 2.24) is 0 Å². The van der Waals surface area contributed by atoms with Gasteiger partial charge in [-0.15, -0.1) is 0 Å². The summed E-state index contributed by atoms with van der Waals surface area (Å²) in [6, 6.07) is 9.11. The van der Waals surface area contributed by atoms with Gasteiger partial charge < -0.3 is 0 Å². The van der Waals surface area contributed by atoms with E-state index in [1.807, 2.05) is 30.3 Å². The highest BCUT2D eigenvalue weighted by Gasteiger charge is 2.46. The summed E-state index contributed by atoms with van der Waals surface area (Å²) in [6.07, 6.45) is 2.57. The molecular formula is C19H20O4. The highest BCUT2D eigenvalue weighted by atomic mass is 16.2. The molecule has 1 aromatic rings. The molecule has 120 valence electrons. The molecule has 0 atom stereocenters. The molecule has 2 aliphatic carbocycles. The van der Waals surface area contributed by atoms with Crippen LogP contribution in [0.15, 0.2) is 30.3 Å². The molecule has 2 saturated carbocycles. The summed E-state index contributed by atoms with van der Waals surface area (Å²) < 4.78 is 0. The van der Waals surface area contributed by atoms with E-state index in [0.29, 0.717) is 38.5 Å². The normalized spacial score (nSPS) is 21.3. The van der Waals surface area contributed by atoms with Gasteiger partial charge in [0.15, 0.2) is 0 Å². The average Bonchev–Trinajstić information content (AvgIpc) is 2.53. The van der Waals surface area contributed by atoms with E-state index < -0.39 is 17.8 Å². The van der Waals surface area contributed by atoms with Crippen molar-refractivity contribution in [1.29, 1.82) is 0 Å². The van der Waals surface area contributed by atoms with E-state index >= 15 is 0 Å². The largest absolute Gasteiger partial charge is 0.299 e. The van der Waals surface area contributed by atoms with E-state index in [-0.39, 0.29) is 23.1 Å². The van der Waals surface area contributed by atoms with Crippen molar-refractivity contribution >= 4 is 23.1 Å². The smallest absolute Gasteiger partial charge is 0.144 e. The van der Waals surface area contributed by atoms with Crippen LogP contribution in [0.25, 0.3) is 0 Å². The van der Waals surface area contributed by atoms with Crippen molar-refractivity contribution < 1.29 is 19.2 Å². The fourth-order valence-corrected chi connectivity index (χ4v) is 3.91. The minimum Gasteiger partial charge on any atom is -0.299 e. The number of carbonyl (C=O) groups excluding carboxylic acids is 4. The highest BCUT2D eigenvalue weighted by molar-refractivity contribution is 6.10. The lowest BCUT2D eigenvalue weighted by atomic mass is 9.65. The van der Waals surface area contributed by atoms with E-state index in [2.05, 4.69) is 0 Å². The zero-order chi connectivity index (χ0) is 16.4. The van der Waals surface area contributed by atoms with Gasteiger partial charge in [0, 0.05) is 31.6 Å². The Morgan fingerprint density at radius 1 is 0.652 bits per heavy atom. The monoisotopic (exact) mass is 312 g/mol. The van der Waals surface area contributed by atoms with Crippen LogP contribution in [0.2, 0.25) is 0 Å². The second kappa shape index (κ2) is 6.57. The molecule has 0 N–H and O–H groups in total. The summed E-state index contributed by atoms with van der Waals surface area (Å²) in [7, 11) is 0. The fraction of sp³-hybridized carbons (Fsp3) is 0.474. The average molecular weight is 312 g/mol. The van der Waals surface area contributed by atoms with Gasteiger partial charge >= 0.3 is 0 Å². The molecule has 0 unspecified atom stereocenters. The molecule has 0 saturated heterocycles. The van der Waals surface area contributed by atoms with Crippen molar-refractivity contribution in [2.24, 2.45) is 11.8 Å². The maximum Gasteiger partial charge on any atom is 0.144 e. The van der Waals surface area contributed by atoms with Crippen LogP contribution in [-0.2, 0) is 19.2 Å². The third kappa shape index (κ3) is 3.03. The van der Waals surface area contributed by atoms with Crippen LogP contribution in [0.3, 0.4) is 0 Å². The van der Waals surface area contributed by atoms with Gasteiger partial charge in [-0.05, 0) is 18.4 Å². The Bertz CT molecular complexity index is 577. The topological polar surface area (TPSA) is 68.3 Å². The zero-order valence-electron chi connectivity index (χ0n) is 13.0. The number of hydrogen-bond acceptors (Lipinski definition) is 4. The van der Waals surface area contributed by atoms with Gasteiger partial charge in [-0.25, -0.2) is 0 Å². The third-order valence-corrected chi connectivity index (χ3v) is 4.98. The van der Waals surface area contributed by atoms with Crippen LogP contribution in [0.4, 0.5) is 0 Å². The maximum absolute atomic E-state index is 12.4. The summed E-state index contributed by atoms with van der Waals surface area (Å²) in [5, 5.41) is 0. The molecule has 0 aliphatic heterocycles. The first-order valence-electron chi connectivity index (χ1n) is 8.25. The van der Waals surface area contributed by atoms with Gasteiger partial charge in [-0.3, -0.25) is 19.2 Å². The molecule has 4 heteroatoms. The molecule has 0 bridgehead atoms. The Balaban J connectivity index is 2.07.